The number of anilines is 1. The summed E-state index contributed by atoms with van der Waals surface area (Å²) in [7, 11) is 0. The Labute approximate surface area is 138 Å². The van der Waals surface area contributed by atoms with E-state index in [4.69, 9.17) is 9.47 Å². The molecule has 0 bridgehead atoms. The molecule has 1 aromatic carbocycles. The summed E-state index contributed by atoms with van der Waals surface area (Å²) in [6, 6.07) is 5.68. The third-order valence-corrected chi connectivity index (χ3v) is 3.91. The van der Waals surface area contributed by atoms with Crippen LogP contribution in [-0.2, 0) is 9.53 Å². The fraction of sp³-hybridized carbons (Fsp3) is 0.312. The molecular formula is C16H18N2O4S. The van der Waals surface area contributed by atoms with E-state index in [1.165, 1.54) is 0 Å². The summed E-state index contributed by atoms with van der Waals surface area (Å²) in [6.45, 7) is 5.79. The molecule has 0 unspecified atom stereocenters. The van der Waals surface area contributed by atoms with Crippen LogP contribution in [0.2, 0.25) is 0 Å². The number of benzene rings is 1. The van der Waals surface area contributed by atoms with E-state index in [0.717, 1.165) is 22.5 Å². The number of aromatic nitrogens is 1. The number of nitrogens with one attached hydrogen (secondary N) is 1. The molecule has 23 heavy (non-hydrogen) atoms. The topological polar surface area (TPSA) is 77.5 Å². The van der Waals surface area contributed by atoms with Gasteiger partial charge in [0.1, 0.15) is 5.75 Å². The van der Waals surface area contributed by atoms with Crippen LogP contribution in [-0.4, -0.2) is 30.1 Å². The fourth-order valence-corrected chi connectivity index (χ4v) is 2.51. The number of aryl methyl sites for hydroxylation is 1. The number of carbonyl (C=O) groups excluding carboxylic acids is 2. The first-order valence-corrected chi connectivity index (χ1v) is 8.00. The number of ether oxygens (including phenoxy) is 2. The lowest BCUT2D eigenvalue weighted by Gasteiger charge is -2.10. The Kier molecular flexibility index (Phi) is 5.70. The van der Waals surface area contributed by atoms with E-state index >= 15 is 0 Å². The van der Waals surface area contributed by atoms with Gasteiger partial charge in [-0.2, -0.15) is 0 Å². The van der Waals surface area contributed by atoms with Gasteiger partial charge >= 0.3 is 5.97 Å². The van der Waals surface area contributed by atoms with E-state index in [-0.39, 0.29) is 24.8 Å². The zero-order chi connectivity index (χ0) is 16.8. The summed E-state index contributed by atoms with van der Waals surface area (Å²) < 4.78 is 10.4. The van der Waals surface area contributed by atoms with Crippen molar-refractivity contribution in [3.8, 4) is 5.75 Å². The van der Waals surface area contributed by atoms with Gasteiger partial charge in [0.15, 0.2) is 17.4 Å². The first-order valence-electron chi connectivity index (χ1n) is 7.12. The predicted molar refractivity (Wildman–Crippen MR) is 88.1 cm³/mol. The van der Waals surface area contributed by atoms with Gasteiger partial charge in [-0.3, -0.25) is 10.1 Å². The van der Waals surface area contributed by atoms with Gasteiger partial charge in [0, 0.05) is 5.38 Å². The second-order valence-electron chi connectivity index (χ2n) is 4.79. The molecule has 0 radical (unpaired) electrons. The number of esters is 1. The third kappa shape index (κ3) is 4.53. The molecule has 2 rings (SSSR count). The van der Waals surface area contributed by atoms with Gasteiger partial charge in [0.05, 0.1) is 6.61 Å². The first-order chi connectivity index (χ1) is 11.0. The first kappa shape index (κ1) is 17.0. The standard InChI is InChI=1S/C16H18N2O4S/c1-4-21-15(20)12-9-23-16(17-12)18-14(19)8-22-13-7-5-6-10(2)11(13)3/h5-7,9H,4,8H2,1-3H3,(H,17,18,19). The maximum absolute atomic E-state index is 11.9. The predicted octanol–water partition coefficient (Wildman–Crippen LogP) is 2.95. The number of carbonyl (C=O) groups is 2. The number of amides is 1. The molecule has 0 aliphatic heterocycles. The van der Waals surface area contributed by atoms with Gasteiger partial charge in [-0.1, -0.05) is 12.1 Å². The molecule has 1 aromatic heterocycles. The molecule has 0 saturated carbocycles. The Morgan fingerprint density at radius 3 is 2.83 bits per heavy atom. The lowest BCUT2D eigenvalue weighted by atomic mass is 10.1. The summed E-state index contributed by atoms with van der Waals surface area (Å²) in [4.78, 5) is 27.4. The van der Waals surface area contributed by atoms with Crippen LogP contribution in [0.15, 0.2) is 23.6 Å². The molecule has 0 atom stereocenters. The summed E-state index contributed by atoms with van der Waals surface area (Å²) in [5.41, 5.74) is 2.28. The third-order valence-electron chi connectivity index (χ3n) is 3.15. The molecule has 122 valence electrons. The van der Waals surface area contributed by atoms with Crippen molar-refractivity contribution in [3.63, 3.8) is 0 Å². The quantitative estimate of drug-likeness (QED) is 0.822. The molecule has 0 aliphatic rings. The van der Waals surface area contributed by atoms with Crippen LogP contribution in [0.5, 0.6) is 5.75 Å². The van der Waals surface area contributed by atoms with Crippen LogP contribution < -0.4 is 10.1 Å². The number of rotatable bonds is 6. The van der Waals surface area contributed by atoms with Gasteiger partial charge < -0.3 is 9.47 Å². The molecule has 0 spiro atoms. The zero-order valence-electron chi connectivity index (χ0n) is 13.2. The Hall–Kier alpha value is -2.41. The molecule has 7 heteroatoms. The number of thiazole rings is 1. The smallest absolute Gasteiger partial charge is 0.357 e. The molecular weight excluding hydrogens is 316 g/mol. The molecule has 0 fully saturated rings. The van der Waals surface area contributed by atoms with E-state index < -0.39 is 5.97 Å². The fourth-order valence-electron chi connectivity index (χ4n) is 1.81. The van der Waals surface area contributed by atoms with E-state index in [0.29, 0.717) is 10.9 Å². The van der Waals surface area contributed by atoms with Crippen LogP contribution >= 0.6 is 11.3 Å². The Morgan fingerprint density at radius 1 is 1.30 bits per heavy atom. The minimum absolute atomic E-state index is 0.126. The molecule has 0 saturated heterocycles. The van der Waals surface area contributed by atoms with E-state index in [1.54, 1.807) is 12.3 Å². The highest BCUT2D eigenvalue weighted by molar-refractivity contribution is 7.14. The molecule has 6 nitrogen and oxygen atoms in total. The summed E-state index contributed by atoms with van der Waals surface area (Å²) >= 11 is 1.16. The molecule has 1 amide bonds. The highest BCUT2D eigenvalue weighted by atomic mass is 32.1. The highest BCUT2D eigenvalue weighted by Crippen LogP contribution is 2.21. The van der Waals surface area contributed by atoms with Crippen LogP contribution in [0.25, 0.3) is 0 Å². The lowest BCUT2D eigenvalue weighted by Crippen LogP contribution is -2.20. The van der Waals surface area contributed by atoms with Crippen molar-refractivity contribution in [1.29, 1.82) is 0 Å². The Bertz CT molecular complexity index is 712. The van der Waals surface area contributed by atoms with Crippen LogP contribution in [0.4, 0.5) is 5.13 Å². The van der Waals surface area contributed by atoms with Crippen LogP contribution in [0.1, 0.15) is 28.5 Å². The zero-order valence-corrected chi connectivity index (χ0v) is 14.0. The summed E-state index contributed by atoms with van der Waals surface area (Å²) in [6.07, 6.45) is 0. The SMILES string of the molecule is CCOC(=O)c1csc(NC(=O)COc2cccc(C)c2C)n1. The number of nitrogens with zero attached hydrogens (tertiary/aromatic N) is 1. The molecule has 1 N–H and O–H groups in total. The molecule has 2 aromatic rings. The van der Waals surface area contributed by atoms with Crippen molar-refractivity contribution in [1.82, 2.24) is 4.98 Å². The van der Waals surface area contributed by atoms with Gasteiger partial charge in [-0.15, -0.1) is 11.3 Å². The normalized spacial score (nSPS) is 10.2. The average Bonchev–Trinajstić information content (AvgIpc) is 2.97. The van der Waals surface area contributed by atoms with Gasteiger partial charge in [0.2, 0.25) is 0 Å². The average molecular weight is 334 g/mol. The van der Waals surface area contributed by atoms with Crippen LogP contribution in [0, 0.1) is 13.8 Å². The van der Waals surface area contributed by atoms with E-state index in [1.807, 2.05) is 32.0 Å². The van der Waals surface area contributed by atoms with Gasteiger partial charge in [-0.25, -0.2) is 9.78 Å². The van der Waals surface area contributed by atoms with Crippen molar-refractivity contribution in [2.75, 3.05) is 18.5 Å². The summed E-state index contributed by atoms with van der Waals surface area (Å²) in [5.74, 6) is -0.168. The van der Waals surface area contributed by atoms with Crippen molar-refractivity contribution in [2.45, 2.75) is 20.8 Å². The Morgan fingerprint density at radius 2 is 2.09 bits per heavy atom. The summed E-state index contributed by atoms with van der Waals surface area (Å²) in [5, 5.41) is 4.48. The van der Waals surface area contributed by atoms with E-state index in [9.17, 15) is 9.59 Å². The minimum Gasteiger partial charge on any atom is -0.483 e. The second-order valence-corrected chi connectivity index (χ2v) is 5.65. The maximum Gasteiger partial charge on any atom is 0.357 e. The highest BCUT2D eigenvalue weighted by Gasteiger charge is 2.13. The van der Waals surface area contributed by atoms with Gasteiger partial charge in [0.25, 0.3) is 5.91 Å². The number of hydrogen-bond donors (Lipinski definition) is 1. The second kappa shape index (κ2) is 7.73. The van der Waals surface area contributed by atoms with Crippen molar-refractivity contribution in [2.24, 2.45) is 0 Å². The number of hydrogen-bond acceptors (Lipinski definition) is 6. The molecule has 1 heterocycles. The van der Waals surface area contributed by atoms with E-state index in [2.05, 4.69) is 10.3 Å². The lowest BCUT2D eigenvalue weighted by molar-refractivity contribution is -0.118. The largest absolute Gasteiger partial charge is 0.483 e. The van der Waals surface area contributed by atoms with Crippen molar-refractivity contribution >= 4 is 28.3 Å². The minimum atomic E-state index is -0.504. The monoisotopic (exact) mass is 334 g/mol. The maximum atomic E-state index is 11.9. The molecule has 0 aliphatic carbocycles. The Balaban J connectivity index is 1.90. The van der Waals surface area contributed by atoms with Gasteiger partial charge in [-0.05, 0) is 38.0 Å². The van der Waals surface area contributed by atoms with Crippen molar-refractivity contribution < 1.29 is 19.1 Å². The van der Waals surface area contributed by atoms with Crippen molar-refractivity contribution in [3.05, 3.63) is 40.4 Å². The van der Waals surface area contributed by atoms with Crippen LogP contribution in [0.3, 0.4) is 0 Å².